The molecule has 18 nitrogen and oxygen atoms in total. The number of hydrogen-bond donors (Lipinski definition) is 8. The van der Waals surface area contributed by atoms with Crippen LogP contribution in [-0.2, 0) is 68.9 Å². The molecule has 380 valence electrons. The fourth-order valence-electron chi connectivity index (χ4n) is 9.08. The highest BCUT2D eigenvalue weighted by Crippen LogP contribution is 2.35. The van der Waals surface area contributed by atoms with Gasteiger partial charge in [0.05, 0.1) is 37.9 Å². The van der Waals surface area contributed by atoms with Crippen molar-refractivity contribution >= 4 is 47.4 Å². The van der Waals surface area contributed by atoms with Crippen LogP contribution in [0.25, 0.3) is 11.1 Å². The Bertz CT molecular complexity index is 2560. The third-order valence-electron chi connectivity index (χ3n) is 12.8. The molecule has 2 bridgehead atoms. The predicted molar refractivity (Wildman–Crippen MR) is 267 cm³/mol. The molecular weight excluding hydrogens is 923 g/mol. The lowest BCUT2D eigenvalue weighted by Gasteiger charge is -2.42. The van der Waals surface area contributed by atoms with E-state index in [1.54, 1.807) is 48.5 Å². The topological polar surface area (TPSA) is 276 Å². The minimum absolute atomic E-state index is 0.00804. The van der Waals surface area contributed by atoms with Crippen molar-refractivity contribution in [3.8, 4) is 11.1 Å². The Kier molecular flexibility index (Phi) is 19.7. The molecule has 2 aliphatic rings. The van der Waals surface area contributed by atoms with E-state index in [9.17, 15) is 48.6 Å². The second-order valence-corrected chi connectivity index (χ2v) is 18.1. The maximum atomic E-state index is 15.0. The third kappa shape index (κ3) is 15.9. The van der Waals surface area contributed by atoms with Gasteiger partial charge in [0.25, 0.3) is 0 Å². The van der Waals surface area contributed by atoms with Crippen LogP contribution < -0.4 is 32.3 Å². The Hall–Kier alpha value is -7.70. The number of carboxylic acid groups (broad SMARTS) is 2. The zero-order chi connectivity index (χ0) is 51.5. The number of ether oxygens (including phenoxy) is 1. The standard InChI is InChI=1S/C54H63N7O11/c55-23-27-72-28-25-57-51(69)44-21-24-56-46(62)19-20-48(64)61-26-6-22-54(35-61,33-37-7-2-1-3-8-37)53(71)60-45(52(70)58-34-42-10-5-4-9-41(42)30-47(63)59-44)29-36-11-13-38(14-12-36)39-15-17-40(18-16-39)43(31-49(65)66)32-50(67)68/h1-5,7-20,43-45H,6,21-35,55H2,(H,56,62)(H,57,69)(H,58,70)(H,59,63)(H,60,71)(H,65,66)(H,67,68)/b20-19+/t44-,45-,54-/m0/s1. The number of nitrogens with one attached hydrogen (secondary N) is 5. The summed E-state index contributed by atoms with van der Waals surface area (Å²) in [5.41, 5.74) is 9.28. The molecule has 1 saturated heterocycles. The fourth-order valence-corrected chi connectivity index (χ4v) is 9.08. The first-order valence-electron chi connectivity index (χ1n) is 24.1. The van der Waals surface area contributed by atoms with Crippen LogP contribution >= 0.6 is 0 Å². The molecule has 0 aliphatic carbocycles. The zero-order valence-corrected chi connectivity index (χ0v) is 40.1. The Morgan fingerprint density at radius 1 is 0.778 bits per heavy atom. The summed E-state index contributed by atoms with van der Waals surface area (Å²) in [4.78, 5) is 108. The molecule has 9 N–H and O–H groups in total. The largest absolute Gasteiger partial charge is 0.481 e. The molecule has 1 fully saturated rings. The number of hydrogen-bond acceptors (Lipinski definition) is 10. The zero-order valence-electron chi connectivity index (χ0n) is 40.1. The van der Waals surface area contributed by atoms with E-state index in [-0.39, 0.29) is 71.3 Å². The quantitative estimate of drug-likeness (QED) is 0.0754. The van der Waals surface area contributed by atoms with Gasteiger partial charge in [-0.1, -0.05) is 103 Å². The van der Waals surface area contributed by atoms with Crippen LogP contribution in [0.4, 0.5) is 0 Å². The Morgan fingerprint density at radius 2 is 1.44 bits per heavy atom. The molecule has 2 aliphatic heterocycles. The van der Waals surface area contributed by atoms with E-state index in [0.717, 1.165) is 28.8 Å². The van der Waals surface area contributed by atoms with Crippen LogP contribution in [0.1, 0.15) is 65.8 Å². The van der Waals surface area contributed by atoms with E-state index in [1.165, 1.54) is 4.90 Å². The molecule has 18 heteroatoms. The van der Waals surface area contributed by atoms with E-state index in [4.69, 9.17) is 10.5 Å². The van der Waals surface area contributed by atoms with Crippen molar-refractivity contribution in [2.24, 2.45) is 11.1 Å². The average molecular weight is 986 g/mol. The number of carbonyl (C=O) groups excluding carboxylic acids is 6. The minimum atomic E-state index is -1.17. The molecule has 72 heavy (non-hydrogen) atoms. The van der Waals surface area contributed by atoms with Gasteiger partial charge < -0.3 is 52.2 Å². The molecule has 4 aromatic rings. The molecule has 6 amide bonds. The number of piperidine rings is 1. The summed E-state index contributed by atoms with van der Waals surface area (Å²) in [6.45, 7) is 1.31. The molecule has 0 aromatic heterocycles. The number of nitrogens with two attached hydrogens (primary N) is 1. The van der Waals surface area contributed by atoms with Crippen LogP contribution in [0.5, 0.6) is 0 Å². The van der Waals surface area contributed by atoms with Crippen molar-refractivity contribution in [1.82, 2.24) is 31.5 Å². The summed E-state index contributed by atoms with van der Waals surface area (Å²) in [7, 11) is 0. The molecule has 0 saturated carbocycles. The number of carbonyl (C=O) groups is 8. The van der Waals surface area contributed by atoms with Crippen molar-refractivity contribution in [2.75, 3.05) is 45.9 Å². The summed E-state index contributed by atoms with van der Waals surface area (Å²) in [5, 5.41) is 33.0. The van der Waals surface area contributed by atoms with Crippen molar-refractivity contribution in [3.63, 3.8) is 0 Å². The van der Waals surface area contributed by atoms with Gasteiger partial charge in [0.15, 0.2) is 0 Å². The van der Waals surface area contributed by atoms with E-state index < -0.39 is 70.8 Å². The molecule has 4 aromatic carbocycles. The molecule has 0 unspecified atom stereocenters. The van der Waals surface area contributed by atoms with E-state index in [2.05, 4.69) is 26.6 Å². The van der Waals surface area contributed by atoms with Gasteiger partial charge in [0.2, 0.25) is 35.4 Å². The molecule has 2 heterocycles. The first-order chi connectivity index (χ1) is 34.7. The highest BCUT2D eigenvalue weighted by molar-refractivity contribution is 5.97. The number of aliphatic carboxylic acids is 2. The Morgan fingerprint density at radius 3 is 2.12 bits per heavy atom. The van der Waals surface area contributed by atoms with Gasteiger partial charge in [-0.05, 0) is 64.6 Å². The smallest absolute Gasteiger partial charge is 0.303 e. The second-order valence-electron chi connectivity index (χ2n) is 18.1. The van der Waals surface area contributed by atoms with E-state index >= 15 is 0 Å². The number of rotatable bonds is 16. The van der Waals surface area contributed by atoms with Crippen LogP contribution in [0.15, 0.2) is 115 Å². The molecule has 3 atom stereocenters. The number of fused-ring (bicyclic) bond motifs is 3. The highest BCUT2D eigenvalue weighted by atomic mass is 16.5. The van der Waals surface area contributed by atoms with E-state index in [0.29, 0.717) is 54.8 Å². The SMILES string of the molecule is NCCOCCNC(=O)[C@@H]1CCNC(=O)/C=C/C(=O)N2CCC[C@](Cc3ccccc3)(C2)C(=O)N[C@@H](Cc2ccc(-c3ccc(C(CC(=O)O)CC(=O)O)cc3)cc2)C(=O)NCc2ccccc2CC(=O)N1. The number of amides is 6. The molecule has 6 rings (SSSR count). The number of carboxylic acids is 2. The van der Waals surface area contributed by atoms with Crippen molar-refractivity contribution < 1.29 is 53.3 Å². The predicted octanol–water partition coefficient (Wildman–Crippen LogP) is 2.78. The minimum Gasteiger partial charge on any atom is -0.481 e. The lowest BCUT2D eigenvalue weighted by molar-refractivity contribution is -0.142. The van der Waals surface area contributed by atoms with Crippen molar-refractivity contribution in [1.29, 1.82) is 0 Å². The molecule has 0 spiro atoms. The first-order valence-corrected chi connectivity index (χ1v) is 24.1. The van der Waals surface area contributed by atoms with E-state index in [1.807, 2.05) is 54.6 Å². The Balaban J connectivity index is 1.30. The summed E-state index contributed by atoms with van der Waals surface area (Å²) in [6, 6.07) is 28.7. The maximum Gasteiger partial charge on any atom is 0.303 e. The monoisotopic (exact) mass is 985 g/mol. The van der Waals surface area contributed by atoms with Crippen LogP contribution in [0, 0.1) is 5.41 Å². The second kappa shape index (κ2) is 26.5. The lowest BCUT2D eigenvalue weighted by Crippen LogP contribution is -2.58. The van der Waals surface area contributed by atoms with Gasteiger partial charge in [-0.2, -0.15) is 0 Å². The summed E-state index contributed by atoms with van der Waals surface area (Å²) in [6.07, 6.45) is 2.67. The van der Waals surface area contributed by atoms with Gasteiger partial charge in [-0.3, -0.25) is 38.4 Å². The van der Waals surface area contributed by atoms with Crippen molar-refractivity contribution in [2.45, 2.75) is 75.9 Å². The van der Waals surface area contributed by atoms with Crippen LogP contribution in [-0.4, -0.2) is 121 Å². The van der Waals surface area contributed by atoms with Crippen molar-refractivity contribution in [3.05, 3.63) is 143 Å². The normalized spacial score (nSPS) is 19.8. The summed E-state index contributed by atoms with van der Waals surface area (Å²) < 4.78 is 5.37. The lowest BCUT2D eigenvalue weighted by atomic mass is 9.74. The average Bonchev–Trinajstić information content (AvgIpc) is 3.36. The molecular formula is C54H63N7O11. The molecule has 0 radical (unpaired) electrons. The fraction of sp³-hybridized carbons (Fsp3) is 0.370. The Labute approximate surface area is 418 Å². The van der Waals surface area contributed by atoms with Gasteiger partial charge in [0.1, 0.15) is 12.1 Å². The van der Waals surface area contributed by atoms with Gasteiger partial charge in [-0.15, -0.1) is 0 Å². The van der Waals surface area contributed by atoms with Gasteiger partial charge >= 0.3 is 11.9 Å². The highest BCUT2D eigenvalue weighted by Gasteiger charge is 2.44. The third-order valence-corrected chi connectivity index (χ3v) is 12.8. The summed E-state index contributed by atoms with van der Waals surface area (Å²) >= 11 is 0. The number of benzene rings is 4. The van der Waals surface area contributed by atoms with Gasteiger partial charge in [-0.25, -0.2) is 0 Å². The first kappa shape index (κ1) is 53.6. The number of nitrogens with zero attached hydrogens (tertiary/aromatic N) is 1. The maximum absolute atomic E-state index is 15.0. The van der Waals surface area contributed by atoms with Crippen LogP contribution in [0.2, 0.25) is 0 Å². The van der Waals surface area contributed by atoms with Crippen LogP contribution in [0.3, 0.4) is 0 Å². The summed E-state index contributed by atoms with van der Waals surface area (Å²) in [5.74, 6) is -5.87. The van der Waals surface area contributed by atoms with Gasteiger partial charge in [0, 0.05) is 63.8 Å².